The van der Waals surface area contributed by atoms with Crippen LogP contribution in [0.3, 0.4) is 0 Å². The maximum Gasteiger partial charge on any atom is 0.128 e. The molecule has 0 saturated heterocycles. The quantitative estimate of drug-likeness (QED) is 0.400. The number of allylic oxidation sites excluding steroid dienone is 3. The van der Waals surface area contributed by atoms with Gasteiger partial charge in [-0.05, 0) is 77.3 Å². The van der Waals surface area contributed by atoms with E-state index in [-0.39, 0.29) is 11.5 Å². The molecule has 0 amide bonds. The minimum absolute atomic E-state index is 0.0506. The standard InChI is InChI=1S/C28H37N3O/c1-6-8-10-20(7-2)18-31-14-13-28(4,5)25-16-24(23(19(3)29)17-26(25)31)21-11-9-12-22(15-21)27(30)32/h6-12,15-17,19,27,32H,1,13-14,18,29-30H2,2-5H3. The Kier molecular flexibility index (Phi) is 7.40. The van der Waals surface area contributed by atoms with E-state index >= 15 is 0 Å². The molecule has 2 aromatic rings. The highest BCUT2D eigenvalue weighted by atomic mass is 16.3. The molecule has 0 aliphatic carbocycles. The number of hydrogen-bond donors (Lipinski definition) is 3. The van der Waals surface area contributed by atoms with Gasteiger partial charge < -0.3 is 21.5 Å². The highest BCUT2D eigenvalue weighted by molar-refractivity contribution is 5.76. The van der Waals surface area contributed by atoms with Gasteiger partial charge >= 0.3 is 0 Å². The van der Waals surface area contributed by atoms with Crippen molar-refractivity contribution in [3.63, 3.8) is 0 Å². The van der Waals surface area contributed by atoms with Gasteiger partial charge in [-0.2, -0.15) is 0 Å². The van der Waals surface area contributed by atoms with Crippen LogP contribution < -0.4 is 16.4 Å². The molecule has 1 aliphatic rings. The molecule has 1 heterocycles. The molecule has 1 aliphatic heterocycles. The summed E-state index contributed by atoms with van der Waals surface area (Å²) in [5.41, 5.74) is 20.0. The van der Waals surface area contributed by atoms with Crippen molar-refractivity contribution >= 4 is 5.69 Å². The van der Waals surface area contributed by atoms with Gasteiger partial charge in [-0.15, -0.1) is 0 Å². The number of benzene rings is 2. The van der Waals surface area contributed by atoms with Crippen LogP contribution in [0.5, 0.6) is 0 Å². The number of anilines is 1. The molecule has 0 fully saturated rings. The first-order valence-electron chi connectivity index (χ1n) is 11.3. The van der Waals surface area contributed by atoms with Gasteiger partial charge in [0.2, 0.25) is 0 Å². The number of aliphatic hydroxyl groups excluding tert-OH is 1. The summed E-state index contributed by atoms with van der Waals surface area (Å²) in [6.07, 6.45) is 8.14. The smallest absolute Gasteiger partial charge is 0.128 e. The number of hydrogen-bond acceptors (Lipinski definition) is 4. The third-order valence-electron chi connectivity index (χ3n) is 6.46. The third kappa shape index (κ3) is 5.04. The van der Waals surface area contributed by atoms with Crippen molar-refractivity contribution in [2.45, 2.75) is 51.8 Å². The van der Waals surface area contributed by atoms with E-state index in [1.54, 1.807) is 0 Å². The lowest BCUT2D eigenvalue weighted by atomic mass is 9.75. The molecule has 3 rings (SSSR count). The molecule has 2 aromatic carbocycles. The summed E-state index contributed by atoms with van der Waals surface area (Å²) in [7, 11) is 0. The van der Waals surface area contributed by atoms with Crippen LogP contribution in [-0.4, -0.2) is 18.2 Å². The normalized spacial score (nSPS) is 17.8. The van der Waals surface area contributed by atoms with E-state index in [1.807, 2.05) is 37.3 Å². The Labute approximate surface area is 192 Å². The second-order valence-corrected chi connectivity index (χ2v) is 9.33. The zero-order chi connectivity index (χ0) is 23.5. The Morgan fingerprint density at radius 3 is 2.62 bits per heavy atom. The highest BCUT2D eigenvalue weighted by Crippen LogP contribution is 2.44. The molecule has 0 aromatic heterocycles. The van der Waals surface area contributed by atoms with E-state index in [0.29, 0.717) is 5.56 Å². The molecule has 2 atom stereocenters. The van der Waals surface area contributed by atoms with Crippen LogP contribution in [0.15, 0.2) is 72.9 Å². The van der Waals surface area contributed by atoms with Gasteiger partial charge in [0.15, 0.2) is 0 Å². The van der Waals surface area contributed by atoms with E-state index in [2.05, 4.69) is 62.6 Å². The maximum absolute atomic E-state index is 9.88. The molecule has 170 valence electrons. The van der Waals surface area contributed by atoms with Crippen LogP contribution in [0.2, 0.25) is 0 Å². The first-order chi connectivity index (χ1) is 15.2. The topological polar surface area (TPSA) is 75.5 Å². The van der Waals surface area contributed by atoms with Crippen LogP contribution in [0.4, 0.5) is 5.69 Å². The minimum atomic E-state index is -0.999. The lowest BCUT2D eigenvalue weighted by Gasteiger charge is -2.41. The van der Waals surface area contributed by atoms with Crippen molar-refractivity contribution in [1.29, 1.82) is 0 Å². The molecule has 0 radical (unpaired) electrons. The average Bonchev–Trinajstić information content (AvgIpc) is 2.77. The van der Waals surface area contributed by atoms with Crippen LogP contribution in [-0.2, 0) is 5.41 Å². The van der Waals surface area contributed by atoms with Gasteiger partial charge in [0, 0.05) is 24.8 Å². The summed E-state index contributed by atoms with van der Waals surface area (Å²) in [6, 6.07) is 12.3. The Morgan fingerprint density at radius 1 is 1.25 bits per heavy atom. The first kappa shape index (κ1) is 24.0. The fourth-order valence-corrected chi connectivity index (χ4v) is 4.41. The van der Waals surface area contributed by atoms with Crippen LogP contribution >= 0.6 is 0 Å². The summed E-state index contributed by atoms with van der Waals surface area (Å²) in [5, 5.41) is 9.88. The number of nitrogens with zero attached hydrogens (tertiary/aromatic N) is 1. The van der Waals surface area contributed by atoms with Gasteiger partial charge in [0.25, 0.3) is 0 Å². The molecule has 5 N–H and O–H groups in total. The lowest BCUT2D eigenvalue weighted by Crippen LogP contribution is -2.38. The molecule has 4 nitrogen and oxygen atoms in total. The fraction of sp³-hybridized carbons (Fsp3) is 0.357. The van der Waals surface area contributed by atoms with Crippen molar-refractivity contribution in [2.75, 3.05) is 18.0 Å². The van der Waals surface area contributed by atoms with E-state index in [1.165, 1.54) is 16.8 Å². The summed E-state index contributed by atoms with van der Waals surface area (Å²) >= 11 is 0. The molecule has 0 bridgehead atoms. The molecule has 32 heavy (non-hydrogen) atoms. The van der Waals surface area contributed by atoms with Crippen LogP contribution in [0, 0.1) is 0 Å². The monoisotopic (exact) mass is 431 g/mol. The Balaban J connectivity index is 2.15. The van der Waals surface area contributed by atoms with Crippen molar-refractivity contribution < 1.29 is 5.11 Å². The summed E-state index contributed by atoms with van der Waals surface area (Å²) < 4.78 is 0. The van der Waals surface area contributed by atoms with Gasteiger partial charge in [-0.1, -0.05) is 62.9 Å². The Bertz CT molecular complexity index is 1030. The molecular weight excluding hydrogens is 394 g/mol. The Morgan fingerprint density at radius 2 is 2.00 bits per heavy atom. The van der Waals surface area contributed by atoms with E-state index < -0.39 is 6.23 Å². The van der Waals surface area contributed by atoms with Crippen molar-refractivity contribution in [3.8, 4) is 11.1 Å². The molecular formula is C28H37N3O. The van der Waals surface area contributed by atoms with Crippen LogP contribution in [0.1, 0.15) is 63.1 Å². The van der Waals surface area contributed by atoms with Gasteiger partial charge in [-0.3, -0.25) is 0 Å². The summed E-state index contributed by atoms with van der Waals surface area (Å²) in [6.45, 7) is 14.3. The van der Waals surface area contributed by atoms with Gasteiger partial charge in [-0.25, -0.2) is 0 Å². The zero-order valence-corrected chi connectivity index (χ0v) is 19.8. The largest absolute Gasteiger partial charge is 0.375 e. The summed E-state index contributed by atoms with van der Waals surface area (Å²) in [4.78, 5) is 2.46. The van der Waals surface area contributed by atoms with E-state index in [4.69, 9.17) is 11.5 Å². The maximum atomic E-state index is 9.88. The van der Waals surface area contributed by atoms with E-state index in [9.17, 15) is 5.11 Å². The minimum Gasteiger partial charge on any atom is -0.375 e. The zero-order valence-electron chi connectivity index (χ0n) is 19.8. The number of nitrogens with two attached hydrogens (primary N) is 2. The van der Waals surface area contributed by atoms with Crippen molar-refractivity contribution in [1.82, 2.24) is 0 Å². The Hall–Kier alpha value is -2.66. The molecule has 0 saturated carbocycles. The fourth-order valence-electron chi connectivity index (χ4n) is 4.41. The number of rotatable bonds is 7. The second-order valence-electron chi connectivity index (χ2n) is 9.33. The summed E-state index contributed by atoms with van der Waals surface area (Å²) in [5.74, 6) is 0. The van der Waals surface area contributed by atoms with E-state index in [0.717, 1.165) is 36.2 Å². The predicted molar refractivity (Wildman–Crippen MR) is 137 cm³/mol. The first-order valence-corrected chi connectivity index (χ1v) is 11.3. The van der Waals surface area contributed by atoms with Gasteiger partial charge in [0.05, 0.1) is 0 Å². The molecule has 4 heteroatoms. The second kappa shape index (κ2) is 9.86. The van der Waals surface area contributed by atoms with Crippen molar-refractivity contribution in [3.05, 3.63) is 89.5 Å². The highest BCUT2D eigenvalue weighted by Gasteiger charge is 2.33. The molecule has 2 unspecified atom stereocenters. The SMILES string of the molecule is C=CC=CC(=CC)CN1CCC(C)(C)c2cc(-c3cccc(C(N)O)c3)c(C(C)N)cc21. The van der Waals surface area contributed by atoms with Crippen molar-refractivity contribution in [2.24, 2.45) is 11.5 Å². The lowest BCUT2D eigenvalue weighted by molar-refractivity contribution is 0.186. The number of aliphatic hydroxyl groups is 1. The third-order valence-corrected chi connectivity index (χ3v) is 6.46. The van der Waals surface area contributed by atoms with Gasteiger partial charge in [0.1, 0.15) is 6.23 Å². The number of fused-ring (bicyclic) bond motifs is 1. The predicted octanol–water partition coefficient (Wildman–Crippen LogP) is 5.50. The average molecular weight is 432 g/mol. The van der Waals surface area contributed by atoms with Crippen LogP contribution in [0.25, 0.3) is 11.1 Å². The molecule has 0 spiro atoms.